The first-order valence-electron chi connectivity index (χ1n) is 16.3. The fourth-order valence-electron chi connectivity index (χ4n) is 7.99. The number of ether oxygens (including phenoxy) is 1. The molecular formula is C36H46N4O4. The lowest BCUT2D eigenvalue weighted by atomic mass is 9.73. The Labute approximate surface area is 261 Å². The summed E-state index contributed by atoms with van der Waals surface area (Å²) in [4.78, 5) is 46.3. The van der Waals surface area contributed by atoms with Crippen LogP contribution in [0.4, 0.5) is 5.69 Å². The highest BCUT2D eigenvalue weighted by Gasteiger charge is 2.72. The molecule has 1 aliphatic carbocycles. The standard InChI is InChI=1S/C36H46N4O4/c1-23-11-8-15-27(21-23)37-33(41)30-29-17-18-36(44-29)31(30)35(43)40(20-10-19-39(4)22-26-13-6-5-7-14-26)32(36)34(42)38-28-16-9-12-24(2)25(28)3/h5-8,11,13-15,17-18,21,24-25,28-32H,9-10,12,16,19-20,22H2,1-4H3,(H,37,41)(H,38,42)/t24-,25+,28+,29+,30-,31+,32+,36+/m0/s1. The molecule has 1 spiro atoms. The van der Waals surface area contributed by atoms with Crippen LogP contribution in [-0.4, -0.2) is 71.4 Å². The van der Waals surface area contributed by atoms with Gasteiger partial charge in [-0.3, -0.25) is 14.4 Å². The average Bonchev–Trinajstić information content (AvgIpc) is 3.63. The Bertz CT molecular complexity index is 1410. The first-order valence-corrected chi connectivity index (χ1v) is 16.3. The van der Waals surface area contributed by atoms with Crippen LogP contribution in [-0.2, 0) is 25.7 Å². The van der Waals surface area contributed by atoms with Gasteiger partial charge in [0.1, 0.15) is 11.6 Å². The highest BCUT2D eigenvalue weighted by atomic mass is 16.5. The predicted octanol–water partition coefficient (Wildman–Crippen LogP) is 4.55. The zero-order valence-electron chi connectivity index (χ0n) is 26.4. The first-order chi connectivity index (χ1) is 21.2. The second kappa shape index (κ2) is 12.5. The van der Waals surface area contributed by atoms with Crippen molar-refractivity contribution >= 4 is 23.4 Å². The molecule has 44 heavy (non-hydrogen) atoms. The van der Waals surface area contributed by atoms with Gasteiger partial charge in [-0.1, -0.05) is 81.3 Å². The third-order valence-electron chi connectivity index (χ3n) is 10.5. The maximum Gasteiger partial charge on any atom is 0.246 e. The van der Waals surface area contributed by atoms with Gasteiger partial charge in [-0.2, -0.15) is 0 Å². The normalized spacial score (nSPS) is 32.2. The van der Waals surface area contributed by atoms with Crippen LogP contribution in [0.25, 0.3) is 0 Å². The topological polar surface area (TPSA) is 91.0 Å². The number of fused-ring (bicyclic) bond motifs is 1. The molecule has 2 bridgehead atoms. The van der Waals surface area contributed by atoms with Crippen molar-refractivity contribution in [2.24, 2.45) is 23.7 Å². The van der Waals surface area contributed by atoms with E-state index in [9.17, 15) is 14.4 Å². The number of anilines is 1. The number of likely N-dealkylation sites (tertiary alicyclic amines) is 1. The van der Waals surface area contributed by atoms with Gasteiger partial charge in [-0.25, -0.2) is 0 Å². The first kappa shape index (κ1) is 30.5. The Morgan fingerprint density at radius 1 is 1.07 bits per heavy atom. The van der Waals surface area contributed by atoms with Gasteiger partial charge in [0, 0.05) is 24.8 Å². The molecule has 8 heteroatoms. The van der Waals surface area contributed by atoms with E-state index in [2.05, 4.69) is 48.6 Å². The molecule has 3 heterocycles. The minimum atomic E-state index is -1.15. The number of benzene rings is 2. The number of nitrogens with one attached hydrogen (secondary N) is 2. The van der Waals surface area contributed by atoms with E-state index in [0.717, 1.165) is 37.9 Å². The Morgan fingerprint density at radius 3 is 2.64 bits per heavy atom. The van der Waals surface area contributed by atoms with Crippen molar-refractivity contribution in [1.82, 2.24) is 15.1 Å². The van der Waals surface area contributed by atoms with Crippen molar-refractivity contribution in [1.29, 1.82) is 0 Å². The molecule has 2 N–H and O–H groups in total. The molecule has 0 radical (unpaired) electrons. The summed E-state index contributed by atoms with van der Waals surface area (Å²) in [7, 11) is 2.07. The molecule has 6 rings (SSSR count). The van der Waals surface area contributed by atoms with E-state index in [1.165, 1.54) is 5.56 Å². The summed E-state index contributed by atoms with van der Waals surface area (Å²) in [5.74, 6) is -1.17. The van der Waals surface area contributed by atoms with Gasteiger partial charge in [0.05, 0.1) is 17.9 Å². The molecule has 234 valence electrons. The van der Waals surface area contributed by atoms with Gasteiger partial charge in [-0.05, 0) is 68.5 Å². The molecule has 4 aliphatic rings. The van der Waals surface area contributed by atoms with Crippen molar-refractivity contribution in [2.75, 3.05) is 25.5 Å². The molecule has 8 atom stereocenters. The summed E-state index contributed by atoms with van der Waals surface area (Å²) in [6, 6.07) is 17.2. The number of rotatable bonds is 10. The van der Waals surface area contributed by atoms with Crippen LogP contribution in [0.3, 0.4) is 0 Å². The maximum absolute atomic E-state index is 14.3. The highest BCUT2D eigenvalue weighted by Crippen LogP contribution is 2.55. The van der Waals surface area contributed by atoms with Gasteiger partial charge in [0.2, 0.25) is 17.7 Å². The lowest BCUT2D eigenvalue weighted by molar-refractivity contribution is -0.141. The van der Waals surface area contributed by atoms with Crippen LogP contribution in [0, 0.1) is 30.6 Å². The molecule has 0 unspecified atom stereocenters. The molecule has 1 saturated carbocycles. The van der Waals surface area contributed by atoms with Crippen molar-refractivity contribution < 1.29 is 19.1 Å². The van der Waals surface area contributed by atoms with E-state index in [1.807, 2.05) is 61.5 Å². The molecular weight excluding hydrogens is 552 g/mol. The maximum atomic E-state index is 14.3. The van der Waals surface area contributed by atoms with E-state index in [1.54, 1.807) is 4.90 Å². The number of amides is 3. The van der Waals surface area contributed by atoms with E-state index < -0.39 is 29.6 Å². The zero-order valence-corrected chi connectivity index (χ0v) is 26.4. The molecule has 3 amide bonds. The Morgan fingerprint density at radius 2 is 1.86 bits per heavy atom. The fraction of sp³-hybridized carbons (Fsp3) is 0.528. The second-order valence-electron chi connectivity index (χ2n) is 13.6. The van der Waals surface area contributed by atoms with Crippen LogP contribution < -0.4 is 10.6 Å². The predicted molar refractivity (Wildman–Crippen MR) is 171 cm³/mol. The van der Waals surface area contributed by atoms with Crippen LogP contribution in [0.1, 0.15) is 50.7 Å². The molecule has 0 aromatic heterocycles. The van der Waals surface area contributed by atoms with Gasteiger partial charge >= 0.3 is 0 Å². The quantitative estimate of drug-likeness (QED) is 0.392. The smallest absolute Gasteiger partial charge is 0.246 e. The summed E-state index contributed by atoms with van der Waals surface area (Å²) in [6.07, 6.45) is 7.10. The fourth-order valence-corrected chi connectivity index (χ4v) is 7.99. The number of hydrogen-bond acceptors (Lipinski definition) is 5. The minimum Gasteiger partial charge on any atom is -0.359 e. The zero-order chi connectivity index (χ0) is 31.0. The van der Waals surface area contributed by atoms with Gasteiger partial charge in [-0.15, -0.1) is 0 Å². The number of aryl methyl sites for hydroxylation is 1. The van der Waals surface area contributed by atoms with Gasteiger partial charge < -0.3 is 25.2 Å². The Hall–Kier alpha value is -3.49. The molecule has 2 saturated heterocycles. The highest BCUT2D eigenvalue weighted by molar-refractivity contribution is 6.02. The van der Waals surface area contributed by atoms with E-state index >= 15 is 0 Å². The van der Waals surface area contributed by atoms with Crippen molar-refractivity contribution in [3.05, 3.63) is 77.9 Å². The van der Waals surface area contributed by atoms with E-state index in [0.29, 0.717) is 30.5 Å². The van der Waals surface area contributed by atoms with Crippen molar-refractivity contribution in [2.45, 2.75) is 76.8 Å². The molecule has 8 nitrogen and oxygen atoms in total. The lowest BCUT2D eigenvalue weighted by Gasteiger charge is -2.38. The summed E-state index contributed by atoms with van der Waals surface area (Å²) in [5.41, 5.74) is 1.80. The number of nitrogens with zero attached hydrogens (tertiary/aromatic N) is 2. The van der Waals surface area contributed by atoms with Crippen molar-refractivity contribution in [3.8, 4) is 0 Å². The number of carbonyl (C=O) groups is 3. The average molecular weight is 599 g/mol. The Balaban J connectivity index is 1.23. The summed E-state index contributed by atoms with van der Waals surface area (Å²) in [6.45, 7) is 8.41. The van der Waals surface area contributed by atoms with Gasteiger partial charge in [0.25, 0.3) is 0 Å². The van der Waals surface area contributed by atoms with Gasteiger partial charge in [0.15, 0.2) is 0 Å². The summed E-state index contributed by atoms with van der Waals surface area (Å²) < 4.78 is 6.55. The molecule has 2 aromatic carbocycles. The molecule has 2 aromatic rings. The van der Waals surface area contributed by atoms with Crippen LogP contribution in [0.15, 0.2) is 66.7 Å². The number of hydrogen-bond donors (Lipinski definition) is 2. The SMILES string of the molecule is Cc1cccc(NC(=O)[C@H]2[C@H]3C=C[C@@]4(O3)[C@H]2C(=O)N(CCCN(C)Cc2ccccc2)[C@@H]4C(=O)N[C@@H]2CCC[C@H](C)[C@H]2C)c1. The number of carbonyl (C=O) groups excluding carboxylic acids is 3. The van der Waals surface area contributed by atoms with E-state index in [4.69, 9.17) is 4.74 Å². The third-order valence-corrected chi connectivity index (χ3v) is 10.5. The van der Waals surface area contributed by atoms with Crippen molar-refractivity contribution in [3.63, 3.8) is 0 Å². The van der Waals surface area contributed by atoms with Crippen LogP contribution in [0.2, 0.25) is 0 Å². The molecule has 3 aliphatic heterocycles. The minimum absolute atomic E-state index is 0.0543. The third kappa shape index (κ3) is 5.70. The molecule has 3 fully saturated rings. The van der Waals surface area contributed by atoms with E-state index in [-0.39, 0.29) is 23.8 Å². The summed E-state index contributed by atoms with van der Waals surface area (Å²) >= 11 is 0. The monoisotopic (exact) mass is 598 g/mol. The lowest BCUT2D eigenvalue weighted by Crippen LogP contribution is -2.58. The van der Waals surface area contributed by atoms with Crippen LogP contribution >= 0.6 is 0 Å². The summed E-state index contributed by atoms with van der Waals surface area (Å²) in [5, 5.41) is 6.37. The largest absolute Gasteiger partial charge is 0.359 e. The second-order valence-corrected chi connectivity index (χ2v) is 13.6. The Kier molecular flexibility index (Phi) is 8.66. The van der Waals surface area contributed by atoms with Crippen LogP contribution in [0.5, 0.6) is 0 Å².